The number of nitrogens with zero attached hydrogens (tertiary/aromatic N) is 5. The van der Waals surface area contributed by atoms with Crippen LogP contribution in [-0.2, 0) is 6.54 Å². The zero-order valence-electron chi connectivity index (χ0n) is 10.9. The summed E-state index contributed by atoms with van der Waals surface area (Å²) in [6.07, 6.45) is 6.99. The fraction of sp³-hybridized carbons (Fsp3) is 0.0769. The molecular weight excluding hydrogens is 290 g/mol. The van der Waals surface area contributed by atoms with E-state index in [-0.39, 0.29) is 5.95 Å². The van der Waals surface area contributed by atoms with E-state index >= 15 is 0 Å². The molecule has 0 fully saturated rings. The monoisotopic (exact) mass is 301 g/mol. The van der Waals surface area contributed by atoms with Gasteiger partial charge in [-0.1, -0.05) is 11.6 Å². The summed E-state index contributed by atoms with van der Waals surface area (Å²) in [7, 11) is 0. The van der Waals surface area contributed by atoms with Crippen molar-refractivity contribution in [3.63, 3.8) is 0 Å². The molecule has 106 valence electrons. The lowest BCUT2D eigenvalue weighted by Gasteiger charge is -2.08. The van der Waals surface area contributed by atoms with Gasteiger partial charge in [-0.2, -0.15) is 4.98 Å². The molecule has 0 saturated heterocycles. The topological polar surface area (TPSA) is 94.5 Å². The number of rotatable bonds is 4. The van der Waals surface area contributed by atoms with Gasteiger partial charge in [0.15, 0.2) is 0 Å². The largest absolute Gasteiger partial charge is 0.368 e. The van der Waals surface area contributed by atoms with Crippen molar-refractivity contribution in [2.75, 3.05) is 11.1 Å². The lowest BCUT2D eigenvalue weighted by molar-refractivity contribution is 0.976. The number of halogens is 1. The van der Waals surface area contributed by atoms with Crippen molar-refractivity contribution in [3.8, 4) is 5.82 Å². The lowest BCUT2D eigenvalue weighted by atomic mass is 10.2. The van der Waals surface area contributed by atoms with E-state index in [0.29, 0.717) is 17.5 Å². The Morgan fingerprint density at radius 1 is 1.24 bits per heavy atom. The highest BCUT2D eigenvalue weighted by Crippen LogP contribution is 2.14. The molecule has 0 atom stereocenters. The molecule has 0 aliphatic carbocycles. The van der Waals surface area contributed by atoms with Crippen molar-refractivity contribution in [1.29, 1.82) is 0 Å². The van der Waals surface area contributed by atoms with Crippen LogP contribution in [0.15, 0.2) is 43.1 Å². The number of imidazole rings is 1. The molecule has 8 heteroatoms. The summed E-state index contributed by atoms with van der Waals surface area (Å²) in [6, 6.07) is 5.50. The zero-order valence-corrected chi connectivity index (χ0v) is 11.7. The maximum atomic E-state index is 5.83. The number of hydrogen-bond donors (Lipinski definition) is 2. The van der Waals surface area contributed by atoms with Crippen LogP contribution >= 0.6 is 11.6 Å². The molecule has 0 aromatic carbocycles. The number of anilines is 2. The summed E-state index contributed by atoms with van der Waals surface area (Å²) < 4.78 is 1.84. The second-order valence-electron chi connectivity index (χ2n) is 4.28. The minimum absolute atomic E-state index is 0.138. The summed E-state index contributed by atoms with van der Waals surface area (Å²) in [5.41, 5.74) is 6.59. The molecule has 0 bridgehead atoms. The first-order chi connectivity index (χ1) is 10.2. The first kappa shape index (κ1) is 13.3. The third kappa shape index (κ3) is 3.26. The van der Waals surface area contributed by atoms with Gasteiger partial charge >= 0.3 is 0 Å². The fourth-order valence-electron chi connectivity index (χ4n) is 1.82. The SMILES string of the molecule is Nc1nc(Cl)cc(NCc2ccnc(-n3ccnc3)c2)n1. The second kappa shape index (κ2) is 5.76. The van der Waals surface area contributed by atoms with Crippen molar-refractivity contribution in [2.24, 2.45) is 0 Å². The van der Waals surface area contributed by atoms with Gasteiger partial charge in [0.05, 0.1) is 0 Å². The van der Waals surface area contributed by atoms with Crippen molar-refractivity contribution in [1.82, 2.24) is 24.5 Å². The van der Waals surface area contributed by atoms with Crippen molar-refractivity contribution in [3.05, 3.63) is 53.8 Å². The zero-order chi connectivity index (χ0) is 14.7. The number of nitrogens with one attached hydrogen (secondary N) is 1. The molecular formula is C13H12ClN7. The average Bonchev–Trinajstić information content (AvgIpc) is 2.99. The van der Waals surface area contributed by atoms with E-state index in [1.807, 2.05) is 22.9 Å². The Morgan fingerprint density at radius 3 is 2.90 bits per heavy atom. The summed E-state index contributed by atoms with van der Waals surface area (Å²) in [5.74, 6) is 1.51. The number of hydrogen-bond acceptors (Lipinski definition) is 6. The Labute approximate surface area is 125 Å². The Kier molecular flexibility index (Phi) is 3.65. The maximum absolute atomic E-state index is 5.83. The van der Waals surface area contributed by atoms with Gasteiger partial charge in [-0.05, 0) is 17.7 Å². The van der Waals surface area contributed by atoms with Gasteiger partial charge in [-0.15, -0.1) is 0 Å². The van der Waals surface area contributed by atoms with Crippen LogP contribution in [0.3, 0.4) is 0 Å². The molecule has 0 aliphatic rings. The van der Waals surface area contributed by atoms with Crippen LogP contribution in [0.25, 0.3) is 5.82 Å². The number of aromatic nitrogens is 5. The van der Waals surface area contributed by atoms with E-state index in [4.69, 9.17) is 17.3 Å². The van der Waals surface area contributed by atoms with E-state index in [0.717, 1.165) is 11.4 Å². The van der Waals surface area contributed by atoms with Crippen LogP contribution in [0.5, 0.6) is 0 Å². The molecule has 3 heterocycles. The van der Waals surface area contributed by atoms with Crippen molar-refractivity contribution in [2.45, 2.75) is 6.54 Å². The van der Waals surface area contributed by atoms with Gasteiger partial charge in [0.1, 0.15) is 23.1 Å². The highest BCUT2D eigenvalue weighted by molar-refractivity contribution is 6.29. The number of nitrogens with two attached hydrogens (primary N) is 1. The Bertz CT molecular complexity index is 722. The molecule has 21 heavy (non-hydrogen) atoms. The van der Waals surface area contributed by atoms with Gasteiger partial charge in [0.2, 0.25) is 5.95 Å². The number of pyridine rings is 1. The van der Waals surface area contributed by atoms with E-state index < -0.39 is 0 Å². The third-order valence-electron chi connectivity index (χ3n) is 2.76. The van der Waals surface area contributed by atoms with E-state index in [1.54, 1.807) is 24.8 Å². The van der Waals surface area contributed by atoms with Crippen LogP contribution in [0.4, 0.5) is 11.8 Å². The van der Waals surface area contributed by atoms with Crippen molar-refractivity contribution < 1.29 is 0 Å². The summed E-state index contributed by atoms with van der Waals surface area (Å²) in [4.78, 5) is 16.2. The van der Waals surface area contributed by atoms with E-state index in [2.05, 4.69) is 25.3 Å². The molecule has 7 nitrogen and oxygen atoms in total. The third-order valence-corrected chi connectivity index (χ3v) is 2.96. The van der Waals surface area contributed by atoms with Crippen LogP contribution in [0, 0.1) is 0 Å². The van der Waals surface area contributed by atoms with Gasteiger partial charge in [-0.3, -0.25) is 4.57 Å². The van der Waals surface area contributed by atoms with Crippen molar-refractivity contribution >= 4 is 23.4 Å². The average molecular weight is 302 g/mol. The normalized spacial score (nSPS) is 10.5. The summed E-state index contributed by atoms with van der Waals surface area (Å²) in [5, 5.41) is 3.45. The maximum Gasteiger partial charge on any atom is 0.223 e. The van der Waals surface area contributed by atoms with Gasteiger partial charge in [0.25, 0.3) is 0 Å². The summed E-state index contributed by atoms with van der Waals surface area (Å²) in [6.45, 7) is 0.566. The molecule has 3 aromatic rings. The van der Waals surface area contributed by atoms with Crippen LogP contribution in [0.2, 0.25) is 5.15 Å². The Balaban J connectivity index is 1.75. The van der Waals surface area contributed by atoms with Crippen LogP contribution in [-0.4, -0.2) is 24.5 Å². The standard InChI is InChI=1S/C13H12ClN7/c14-10-6-11(20-13(15)19-10)18-7-9-1-2-17-12(5-9)21-4-3-16-8-21/h1-6,8H,7H2,(H3,15,18,19,20). The first-order valence-corrected chi connectivity index (χ1v) is 6.56. The predicted molar refractivity (Wildman–Crippen MR) is 80.1 cm³/mol. The number of nitrogen functional groups attached to an aromatic ring is 1. The minimum atomic E-state index is 0.138. The highest BCUT2D eigenvalue weighted by atomic mass is 35.5. The molecule has 0 amide bonds. The molecule has 0 spiro atoms. The van der Waals surface area contributed by atoms with Crippen LogP contribution in [0.1, 0.15) is 5.56 Å². The second-order valence-corrected chi connectivity index (χ2v) is 4.67. The molecule has 3 N–H and O–H groups in total. The van der Waals surface area contributed by atoms with Gasteiger partial charge in [0, 0.05) is 31.2 Å². The quantitative estimate of drug-likeness (QED) is 0.715. The van der Waals surface area contributed by atoms with Gasteiger partial charge < -0.3 is 11.1 Å². The first-order valence-electron chi connectivity index (χ1n) is 6.18. The summed E-state index contributed by atoms with van der Waals surface area (Å²) >= 11 is 5.83. The molecule has 0 radical (unpaired) electrons. The molecule has 3 rings (SSSR count). The minimum Gasteiger partial charge on any atom is -0.368 e. The van der Waals surface area contributed by atoms with Gasteiger partial charge in [-0.25, -0.2) is 15.0 Å². The van der Waals surface area contributed by atoms with E-state index in [9.17, 15) is 0 Å². The predicted octanol–water partition coefficient (Wildman–Crippen LogP) is 1.90. The highest BCUT2D eigenvalue weighted by Gasteiger charge is 2.02. The molecule has 3 aromatic heterocycles. The fourth-order valence-corrected chi connectivity index (χ4v) is 2.01. The Morgan fingerprint density at radius 2 is 2.14 bits per heavy atom. The smallest absolute Gasteiger partial charge is 0.223 e. The molecule has 0 aliphatic heterocycles. The van der Waals surface area contributed by atoms with Crippen LogP contribution < -0.4 is 11.1 Å². The van der Waals surface area contributed by atoms with E-state index in [1.165, 1.54) is 0 Å². The Hall–Kier alpha value is -2.67. The molecule has 0 unspecified atom stereocenters. The lowest BCUT2D eigenvalue weighted by Crippen LogP contribution is -2.05. The molecule has 0 saturated carbocycles.